The monoisotopic (exact) mass is 342 g/mol. The summed E-state index contributed by atoms with van der Waals surface area (Å²) in [6, 6.07) is 6.80. The molecular weight excluding hydrogens is 320 g/mol. The van der Waals surface area contributed by atoms with Crippen LogP contribution in [0.3, 0.4) is 0 Å². The first-order valence-corrected chi connectivity index (χ1v) is 8.85. The largest absolute Gasteiger partial charge is 0.369 e. The molecule has 19 heavy (non-hydrogen) atoms. The zero-order valence-electron chi connectivity index (χ0n) is 11.7. The summed E-state index contributed by atoms with van der Waals surface area (Å²) < 4.78 is 1.15. The van der Waals surface area contributed by atoms with Crippen LogP contribution in [0.15, 0.2) is 22.7 Å². The molecule has 2 rings (SSSR count). The van der Waals surface area contributed by atoms with Crippen LogP contribution >= 0.6 is 27.7 Å². The SMILES string of the molecule is CCC1CN(c2cc(Br)ccc2CC(C)N)CCS1. The smallest absolute Gasteiger partial charge is 0.0411 e. The van der Waals surface area contributed by atoms with Gasteiger partial charge in [0.1, 0.15) is 0 Å². The molecule has 1 aromatic carbocycles. The maximum atomic E-state index is 5.98. The zero-order valence-corrected chi connectivity index (χ0v) is 14.1. The van der Waals surface area contributed by atoms with Gasteiger partial charge in [-0.05, 0) is 37.5 Å². The Morgan fingerprint density at radius 3 is 3.00 bits per heavy atom. The Labute approximate surface area is 129 Å². The molecule has 2 nitrogen and oxygen atoms in total. The molecule has 0 aliphatic carbocycles. The number of hydrogen-bond donors (Lipinski definition) is 1. The molecule has 1 saturated heterocycles. The summed E-state index contributed by atoms with van der Waals surface area (Å²) >= 11 is 5.71. The van der Waals surface area contributed by atoms with E-state index in [0.717, 1.165) is 29.2 Å². The van der Waals surface area contributed by atoms with E-state index >= 15 is 0 Å². The molecular formula is C15H23BrN2S. The van der Waals surface area contributed by atoms with E-state index in [0.29, 0.717) is 0 Å². The second-order valence-electron chi connectivity index (χ2n) is 5.30. The van der Waals surface area contributed by atoms with Crippen molar-refractivity contribution in [1.82, 2.24) is 0 Å². The summed E-state index contributed by atoms with van der Waals surface area (Å²) in [5, 5.41) is 0.760. The third-order valence-corrected chi connectivity index (χ3v) is 5.39. The van der Waals surface area contributed by atoms with Crippen LogP contribution in [-0.2, 0) is 6.42 Å². The minimum atomic E-state index is 0.209. The Morgan fingerprint density at radius 1 is 1.53 bits per heavy atom. The Kier molecular flexibility index (Phi) is 5.60. The second-order valence-corrected chi connectivity index (χ2v) is 7.63. The van der Waals surface area contributed by atoms with Crippen LogP contribution in [0.4, 0.5) is 5.69 Å². The van der Waals surface area contributed by atoms with E-state index in [1.165, 1.54) is 23.4 Å². The van der Waals surface area contributed by atoms with Crippen LogP contribution in [0.1, 0.15) is 25.8 Å². The first-order chi connectivity index (χ1) is 9.10. The summed E-state index contributed by atoms with van der Waals surface area (Å²) in [5.41, 5.74) is 8.72. The third kappa shape index (κ3) is 4.14. The molecule has 2 N–H and O–H groups in total. The highest BCUT2D eigenvalue weighted by atomic mass is 79.9. The summed E-state index contributed by atoms with van der Waals surface area (Å²) in [5.74, 6) is 1.22. The lowest BCUT2D eigenvalue weighted by Gasteiger charge is -2.35. The van der Waals surface area contributed by atoms with Crippen LogP contribution in [0.25, 0.3) is 0 Å². The van der Waals surface area contributed by atoms with E-state index in [9.17, 15) is 0 Å². The lowest BCUT2D eigenvalue weighted by molar-refractivity contribution is 0.707. The quantitative estimate of drug-likeness (QED) is 0.904. The number of thioether (sulfide) groups is 1. The molecule has 2 atom stereocenters. The number of anilines is 1. The average molecular weight is 343 g/mol. The summed E-state index contributed by atoms with van der Waals surface area (Å²) in [6.45, 7) is 6.66. The summed E-state index contributed by atoms with van der Waals surface area (Å²) in [4.78, 5) is 2.53. The molecule has 1 aromatic rings. The molecule has 0 saturated carbocycles. The van der Waals surface area contributed by atoms with E-state index < -0.39 is 0 Å². The van der Waals surface area contributed by atoms with E-state index in [1.807, 2.05) is 0 Å². The molecule has 1 heterocycles. The zero-order chi connectivity index (χ0) is 13.8. The van der Waals surface area contributed by atoms with Crippen molar-refractivity contribution in [2.45, 2.75) is 38.0 Å². The van der Waals surface area contributed by atoms with Gasteiger partial charge in [-0.25, -0.2) is 0 Å². The maximum absolute atomic E-state index is 5.98. The summed E-state index contributed by atoms with van der Waals surface area (Å²) in [7, 11) is 0. The first-order valence-electron chi connectivity index (χ1n) is 7.00. The fourth-order valence-corrected chi connectivity index (χ4v) is 4.07. The van der Waals surface area contributed by atoms with Crippen molar-refractivity contribution in [3.63, 3.8) is 0 Å². The van der Waals surface area contributed by atoms with Crippen LogP contribution in [0.2, 0.25) is 0 Å². The molecule has 0 spiro atoms. The van der Waals surface area contributed by atoms with Crippen molar-refractivity contribution in [3.8, 4) is 0 Å². The molecule has 1 aliphatic rings. The average Bonchev–Trinajstić information content (AvgIpc) is 2.40. The number of halogens is 1. The highest BCUT2D eigenvalue weighted by Crippen LogP contribution is 2.31. The second kappa shape index (κ2) is 7.00. The van der Waals surface area contributed by atoms with Gasteiger partial charge < -0.3 is 10.6 Å². The number of nitrogens with two attached hydrogens (primary N) is 1. The van der Waals surface area contributed by atoms with E-state index in [1.54, 1.807) is 0 Å². The van der Waals surface area contributed by atoms with Gasteiger partial charge in [-0.2, -0.15) is 11.8 Å². The van der Waals surface area contributed by atoms with Gasteiger partial charge in [0.15, 0.2) is 0 Å². The predicted molar refractivity (Wildman–Crippen MR) is 90.2 cm³/mol. The van der Waals surface area contributed by atoms with Crippen LogP contribution in [-0.4, -0.2) is 30.1 Å². The number of hydrogen-bond acceptors (Lipinski definition) is 3. The number of rotatable bonds is 4. The third-order valence-electron chi connectivity index (χ3n) is 3.52. The van der Waals surface area contributed by atoms with Gasteiger partial charge in [0.05, 0.1) is 0 Å². The highest BCUT2D eigenvalue weighted by molar-refractivity contribution is 9.10. The Morgan fingerprint density at radius 2 is 2.32 bits per heavy atom. The Balaban J connectivity index is 2.23. The normalized spacial score (nSPS) is 21.5. The van der Waals surface area contributed by atoms with E-state index in [4.69, 9.17) is 5.73 Å². The summed E-state index contributed by atoms with van der Waals surface area (Å²) in [6.07, 6.45) is 2.20. The van der Waals surface area contributed by atoms with Crippen molar-refractivity contribution in [1.29, 1.82) is 0 Å². The Hall–Kier alpha value is -0.190. The van der Waals surface area contributed by atoms with Crippen molar-refractivity contribution in [2.24, 2.45) is 5.73 Å². The molecule has 1 fully saturated rings. The van der Waals surface area contributed by atoms with Crippen molar-refractivity contribution in [3.05, 3.63) is 28.2 Å². The van der Waals surface area contributed by atoms with Gasteiger partial charge in [0, 0.05) is 40.3 Å². The number of benzene rings is 1. The minimum Gasteiger partial charge on any atom is -0.369 e. The van der Waals surface area contributed by atoms with Gasteiger partial charge in [0.2, 0.25) is 0 Å². The van der Waals surface area contributed by atoms with Crippen LogP contribution in [0.5, 0.6) is 0 Å². The van der Waals surface area contributed by atoms with E-state index in [-0.39, 0.29) is 6.04 Å². The minimum absolute atomic E-state index is 0.209. The molecule has 0 aromatic heterocycles. The topological polar surface area (TPSA) is 29.3 Å². The van der Waals surface area contributed by atoms with Gasteiger partial charge in [0.25, 0.3) is 0 Å². The fourth-order valence-electron chi connectivity index (χ4n) is 2.54. The van der Waals surface area contributed by atoms with Crippen LogP contribution < -0.4 is 10.6 Å². The van der Waals surface area contributed by atoms with E-state index in [2.05, 4.69) is 64.6 Å². The Bertz CT molecular complexity index is 423. The standard InChI is InChI=1S/C15H23BrN2S/c1-3-14-10-18(6-7-19-14)15-9-13(16)5-4-12(15)8-11(2)17/h4-5,9,11,14H,3,6-8,10,17H2,1-2H3. The molecule has 106 valence electrons. The lowest BCUT2D eigenvalue weighted by Crippen LogP contribution is -2.38. The van der Waals surface area contributed by atoms with Gasteiger partial charge >= 0.3 is 0 Å². The van der Waals surface area contributed by atoms with Crippen molar-refractivity contribution in [2.75, 3.05) is 23.7 Å². The molecule has 0 bridgehead atoms. The van der Waals surface area contributed by atoms with Gasteiger partial charge in [-0.3, -0.25) is 0 Å². The maximum Gasteiger partial charge on any atom is 0.0411 e. The molecule has 1 aliphatic heterocycles. The molecule has 2 unspecified atom stereocenters. The molecule has 0 amide bonds. The van der Waals surface area contributed by atoms with Gasteiger partial charge in [-0.1, -0.05) is 28.9 Å². The molecule has 0 radical (unpaired) electrons. The van der Waals surface area contributed by atoms with Gasteiger partial charge in [-0.15, -0.1) is 0 Å². The van der Waals surface area contributed by atoms with Crippen molar-refractivity contribution < 1.29 is 0 Å². The lowest BCUT2D eigenvalue weighted by atomic mass is 10.0. The molecule has 4 heteroatoms. The fraction of sp³-hybridized carbons (Fsp3) is 0.600. The first kappa shape index (κ1) is 15.2. The highest BCUT2D eigenvalue weighted by Gasteiger charge is 2.21. The van der Waals surface area contributed by atoms with Crippen molar-refractivity contribution >= 4 is 33.4 Å². The predicted octanol–water partition coefficient (Wildman–Crippen LogP) is 3.67. The number of nitrogens with zero attached hydrogens (tertiary/aromatic N) is 1. The van der Waals surface area contributed by atoms with Crippen LogP contribution in [0, 0.1) is 0 Å².